The first-order chi connectivity index (χ1) is 10.1. The van der Waals surface area contributed by atoms with Gasteiger partial charge in [-0.15, -0.1) is 0 Å². The van der Waals surface area contributed by atoms with E-state index in [9.17, 15) is 15.0 Å². The number of esters is 1. The number of ether oxygens (including phenoxy) is 1. The maximum Gasteiger partial charge on any atom is 0.338 e. The highest BCUT2D eigenvalue weighted by atomic mass is 16.6. The molecule has 0 spiro atoms. The second-order valence-electron chi connectivity index (χ2n) is 5.48. The first-order valence-corrected chi connectivity index (χ1v) is 7.43. The summed E-state index contributed by atoms with van der Waals surface area (Å²) in [5.41, 5.74) is 0.919. The van der Waals surface area contributed by atoms with Crippen molar-refractivity contribution in [1.29, 1.82) is 0 Å². The molecule has 1 aromatic rings. The number of benzene rings is 1. The molecule has 0 aliphatic carbocycles. The van der Waals surface area contributed by atoms with Crippen LogP contribution in [0.25, 0.3) is 0 Å². The first-order valence-electron chi connectivity index (χ1n) is 7.43. The van der Waals surface area contributed by atoms with Crippen molar-refractivity contribution in [2.75, 3.05) is 0 Å². The van der Waals surface area contributed by atoms with E-state index in [1.807, 2.05) is 25.1 Å². The van der Waals surface area contributed by atoms with Crippen molar-refractivity contribution in [3.05, 3.63) is 47.2 Å². The molecule has 0 aromatic heterocycles. The van der Waals surface area contributed by atoms with Crippen LogP contribution in [0.3, 0.4) is 0 Å². The summed E-state index contributed by atoms with van der Waals surface area (Å²) in [6, 6.07) is 9.12. The summed E-state index contributed by atoms with van der Waals surface area (Å²) in [5.74, 6) is -1.04. The van der Waals surface area contributed by atoms with E-state index in [1.54, 1.807) is 19.1 Å². The van der Waals surface area contributed by atoms with E-state index in [0.29, 0.717) is 6.42 Å². The Labute approximate surface area is 125 Å². The summed E-state index contributed by atoms with van der Waals surface area (Å²) in [5, 5.41) is 20.6. The van der Waals surface area contributed by atoms with Crippen LogP contribution in [-0.2, 0) is 9.53 Å². The highest BCUT2D eigenvalue weighted by molar-refractivity contribution is 5.92. The van der Waals surface area contributed by atoms with Crippen molar-refractivity contribution >= 4 is 5.97 Å². The lowest BCUT2D eigenvalue weighted by atomic mass is 9.89. The third-order valence-corrected chi connectivity index (χ3v) is 3.94. The Morgan fingerprint density at radius 1 is 1.29 bits per heavy atom. The molecule has 114 valence electrons. The first kappa shape index (κ1) is 15.6. The fraction of sp³-hybridized carbons (Fsp3) is 0.471. The van der Waals surface area contributed by atoms with Crippen LogP contribution in [0.5, 0.6) is 0 Å². The van der Waals surface area contributed by atoms with Crippen LogP contribution < -0.4 is 0 Å². The molecule has 0 saturated carbocycles. The predicted molar refractivity (Wildman–Crippen MR) is 79.6 cm³/mol. The van der Waals surface area contributed by atoms with Gasteiger partial charge in [-0.1, -0.05) is 50.6 Å². The standard InChI is InChI=1S/C17H22O4/c1-3-4-10-13-16(19)14(17(20)21-13)11(2)15(18)12-8-6-5-7-9-12/h5-9,11,13,15,18-19H,3-4,10H2,1-2H3. The number of rotatable bonds is 6. The maximum atomic E-state index is 12.0. The highest BCUT2D eigenvalue weighted by Gasteiger charge is 2.39. The molecule has 3 unspecified atom stereocenters. The Morgan fingerprint density at radius 3 is 2.57 bits per heavy atom. The van der Waals surface area contributed by atoms with Gasteiger partial charge >= 0.3 is 5.97 Å². The number of aliphatic hydroxyl groups excluding tert-OH is 2. The zero-order chi connectivity index (χ0) is 15.4. The highest BCUT2D eigenvalue weighted by Crippen LogP contribution is 2.35. The number of carbonyl (C=O) groups excluding carboxylic acids is 1. The molecule has 0 amide bonds. The van der Waals surface area contributed by atoms with E-state index in [2.05, 4.69) is 0 Å². The molecule has 2 rings (SSSR count). The average molecular weight is 290 g/mol. The van der Waals surface area contributed by atoms with Crippen molar-refractivity contribution in [1.82, 2.24) is 0 Å². The minimum atomic E-state index is -0.846. The van der Waals surface area contributed by atoms with Gasteiger partial charge in [-0.2, -0.15) is 0 Å². The van der Waals surface area contributed by atoms with Crippen LogP contribution in [0.1, 0.15) is 44.8 Å². The average Bonchev–Trinajstić information content (AvgIpc) is 2.79. The lowest BCUT2D eigenvalue weighted by Gasteiger charge is -2.18. The molecule has 21 heavy (non-hydrogen) atoms. The Bertz CT molecular complexity index is 521. The number of unbranched alkanes of at least 4 members (excludes halogenated alkanes) is 1. The molecule has 1 aliphatic heterocycles. The van der Waals surface area contributed by atoms with Crippen LogP contribution in [-0.4, -0.2) is 22.3 Å². The predicted octanol–water partition coefficient (Wildman–Crippen LogP) is 3.28. The van der Waals surface area contributed by atoms with E-state index in [1.165, 1.54) is 0 Å². The van der Waals surface area contributed by atoms with Crippen LogP contribution in [0.2, 0.25) is 0 Å². The molecule has 4 nitrogen and oxygen atoms in total. The summed E-state index contributed by atoms with van der Waals surface area (Å²) in [6.07, 6.45) is 1.06. The molecule has 3 atom stereocenters. The molecule has 1 aliphatic rings. The van der Waals surface area contributed by atoms with Crippen molar-refractivity contribution in [2.45, 2.75) is 45.3 Å². The minimum absolute atomic E-state index is 0.0177. The number of aliphatic hydroxyl groups is 2. The van der Waals surface area contributed by atoms with Crippen molar-refractivity contribution in [3.8, 4) is 0 Å². The smallest absolute Gasteiger partial charge is 0.338 e. The van der Waals surface area contributed by atoms with Gasteiger partial charge in [0.25, 0.3) is 0 Å². The van der Waals surface area contributed by atoms with Gasteiger partial charge in [0.2, 0.25) is 0 Å². The SMILES string of the molecule is CCCCC1OC(=O)C(C(C)C(O)c2ccccc2)=C1O. The zero-order valence-corrected chi connectivity index (χ0v) is 12.5. The monoisotopic (exact) mass is 290 g/mol. The molecular weight excluding hydrogens is 268 g/mol. The number of hydrogen-bond donors (Lipinski definition) is 2. The minimum Gasteiger partial charge on any atom is -0.508 e. The Balaban J connectivity index is 2.19. The van der Waals surface area contributed by atoms with Gasteiger partial charge in [0.1, 0.15) is 5.76 Å². The molecule has 0 bridgehead atoms. The fourth-order valence-corrected chi connectivity index (χ4v) is 2.63. The van der Waals surface area contributed by atoms with Gasteiger partial charge in [-0.25, -0.2) is 4.79 Å². The molecule has 0 radical (unpaired) electrons. The summed E-state index contributed by atoms with van der Waals surface area (Å²) in [6.45, 7) is 3.77. The molecule has 2 N–H and O–H groups in total. The van der Waals surface area contributed by atoms with Crippen molar-refractivity contribution < 1.29 is 19.7 Å². The second kappa shape index (κ2) is 6.76. The third-order valence-electron chi connectivity index (χ3n) is 3.94. The molecule has 1 aromatic carbocycles. The largest absolute Gasteiger partial charge is 0.508 e. The van der Waals surface area contributed by atoms with Gasteiger partial charge in [-0.3, -0.25) is 0 Å². The van der Waals surface area contributed by atoms with Crippen molar-refractivity contribution in [3.63, 3.8) is 0 Å². The van der Waals surface area contributed by atoms with Crippen molar-refractivity contribution in [2.24, 2.45) is 5.92 Å². The van der Waals surface area contributed by atoms with E-state index in [4.69, 9.17) is 4.74 Å². The summed E-state index contributed by atoms with van der Waals surface area (Å²) < 4.78 is 5.22. The Hall–Kier alpha value is -1.81. The van der Waals surface area contributed by atoms with E-state index in [0.717, 1.165) is 18.4 Å². The van der Waals surface area contributed by atoms with E-state index >= 15 is 0 Å². The zero-order valence-electron chi connectivity index (χ0n) is 12.5. The van der Waals surface area contributed by atoms with Gasteiger partial charge in [0.15, 0.2) is 6.10 Å². The molecule has 0 saturated heterocycles. The third kappa shape index (κ3) is 3.27. The normalized spacial score (nSPS) is 21.3. The van der Waals surface area contributed by atoms with Gasteiger partial charge in [-0.05, 0) is 18.4 Å². The quantitative estimate of drug-likeness (QED) is 0.789. The molecule has 4 heteroatoms. The fourth-order valence-electron chi connectivity index (χ4n) is 2.63. The number of carbonyl (C=O) groups is 1. The number of hydrogen-bond acceptors (Lipinski definition) is 4. The molecular formula is C17H22O4. The van der Waals surface area contributed by atoms with Crippen LogP contribution >= 0.6 is 0 Å². The van der Waals surface area contributed by atoms with Crippen LogP contribution in [0.4, 0.5) is 0 Å². The second-order valence-corrected chi connectivity index (χ2v) is 5.48. The summed E-state index contributed by atoms with van der Waals surface area (Å²) >= 11 is 0. The summed E-state index contributed by atoms with van der Waals surface area (Å²) in [4.78, 5) is 12.0. The van der Waals surface area contributed by atoms with Crippen LogP contribution in [0.15, 0.2) is 41.7 Å². The topological polar surface area (TPSA) is 66.8 Å². The van der Waals surface area contributed by atoms with Gasteiger partial charge in [0, 0.05) is 5.92 Å². The summed E-state index contributed by atoms with van der Waals surface area (Å²) in [7, 11) is 0. The molecule has 1 heterocycles. The maximum absolute atomic E-state index is 12.0. The van der Waals surface area contributed by atoms with E-state index in [-0.39, 0.29) is 11.3 Å². The number of cyclic esters (lactones) is 1. The van der Waals surface area contributed by atoms with Gasteiger partial charge < -0.3 is 14.9 Å². The van der Waals surface area contributed by atoms with Gasteiger partial charge in [0.05, 0.1) is 11.7 Å². The Morgan fingerprint density at radius 2 is 1.95 bits per heavy atom. The van der Waals surface area contributed by atoms with E-state index < -0.39 is 24.1 Å². The lowest BCUT2D eigenvalue weighted by molar-refractivity contribution is -0.141. The molecule has 0 fully saturated rings. The Kier molecular flexibility index (Phi) is 5.02. The lowest BCUT2D eigenvalue weighted by Crippen LogP contribution is -2.16. The van der Waals surface area contributed by atoms with Crippen LogP contribution in [0, 0.1) is 5.92 Å².